The van der Waals surface area contributed by atoms with Gasteiger partial charge in [-0.2, -0.15) is 5.10 Å². The van der Waals surface area contributed by atoms with Crippen LogP contribution >= 0.6 is 0 Å². The molecule has 0 saturated carbocycles. The lowest BCUT2D eigenvalue weighted by atomic mass is 10.2. The molecule has 0 bridgehead atoms. The first-order chi connectivity index (χ1) is 12.3. The van der Waals surface area contributed by atoms with Crippen molar-refractivity contribution in [3.63, 3.8) is 0 Å². The number of aryl methyl sites for hydroxylation is 1. The fraction of sp³-hybridized carbons (Fsp3) is 0.389. The van der Waals surface area contributed by atoms with Crippen LogP contribution in [-0.4, -0.2) is 50.7 Å². The zero-order valence-corrected chi connectivity index (χ0v) is 14.2. The molecule has 1 aromatic carbocycles. The lowest BCUT2D eigenvalue weighted by Gasteiger charge is -2.31. The first kappa shape index (κ1) is 16.0. The van der Waals surface area contributed by atoms with Gasteiger partial charge in [-0.05, 0) is 24.6 Å². The molecule has 1 saturated heterocycles. The van der Waals surface area contributed by atoms with Gasteiger partial charge in [-0.3, -0.25) is 9.58 Å². The number of nitrogens with zero attached hydrogens (tertiary/aromatic N) is 5. The minimum Gasteiger partial charge on any atom is -0.419 e. The zero-order chi connectivity index (χ0) is 17.1. The number of hydrogen-bond donors (Lipinski definition) is 0. The van der Waals surface area contributed by atoms with E-state index in [9.17, 15) is 0 Å². The summed E-state index contributed by atoms with van der Waals surface area (Å²) in [5.74, 6) is 1.20. The average molecular weight is 339 g/mol. The van der Waals surface area contributed by atoms with Crippen LogP contribution in [0.2, 0.25) is 0 Å². The number of ether oxygens (including phenoxy) is 1. The van der Waals surface area contributed by atoms with Crippen molar-refractivity contribution in [3.05, 3.63) is 54.2 Å². The van der Waals surface area contributed by atoms with Crippen molar-refractivity contribution in [1.29, 1.82) is 0 Å². The molecule has 1 atom stereocenters. The predicted octanol–water partition coefficient (Wildman–Crippen LogP) is 2.14. The minimum atomic E-state index is 0.115. The van der Waals surface area contributed by atoms with E-state index < -0.39 is 0 Å². The van der Waals surface area contributed by atoms with Crippen molar-refractivity contribution in [2.24, 2.45) is 0 Å². The van der Waals surface area contributed by atoms with Crippen molar-refractivity contribution >= 4 is 0 Å². The highest BCUT2D eigenvalue weighted by atomic mass is 16.5. The topological polar surface area (TPSA) is 69.2 Å². The maximum atomic E-state index is 5.86. The van der Waals surface area contributed by atoms with Crippen LogP contribution in [0, 0.1) is 6.92 Å². The lowest BCUT2D eigenvalue weighted by molar-refractivity contribution is -0.0422. The summed E-state index contributed by atoms with van der Waals surface area (Å²) in [7, 11) is 0. The second-order valence-corrected chi connectivity index (χ2v) is 6.33. The van der Waals surface area contributed by atoms with E-state index in [1.807, 2.05) is 54.3 Å². The number of benzene rings is 1. The summed E-state index contributed by atoms with van der Waals surface area (Å²) in [5, 5.41) is 12.7. The van der Waals surface area contributed by atoms with E-state index in [1.54, 1.807) is 0 Å². The highest BCUT2D eigenvalue weighted by Gasteiger charge is 2.23. The third-order valence-electron chi connectivity index (χ3n) is 4.22. The molecular formula is C18H21N5O2. The van der Waals surface area contributed by atoms with E-state index in [-0.39, 0.29) is 6.10 Å². The van der Waals surface area contributed by atoms with Crippen molar-refractivity contribution in [1.82, 2.24) is 24.9 Å². The second kappa shape index (κ2) is 7.16. The van der Waals surface area contributed by atoms with Crippen LogP contribution in [0.5, 0.6) is 0 Å². The van der Waals surface area contributed by atoms with Gasteiger partial charge in [0.2, 0.25) is 11.8 Å². The molecule has 0 aliphatic carbocycles. The smallest absolute Gasteiger partial charge is 0.247 e. The van der Waals surface area contributed by atoms with Gasteiger partial charge in [-0.1, -0.05) is 18.2 Å². The Morgan fingerprint density at radius 3 is 2.88 bits per heavy atom. The van der Waals surface area contributed by atoms with Crippen molar-refractivity contribution < 1.29 is 9.15 Å². The van der Waals surface area contributed by atoms with Crippen LogP contribution in [0.15, 0.2) is 47.1 Å². The third-order valence-corrected chi connectivity index (χ3v) is 4.22. The maximum absolute atomic E-state index is 5.86. The minimum absolute atomic E-state index is 0.115. The Hall–Kier alpha value is -2.51. The maximum Gasteiger partial charge on any atom is 0.247 e. The van der Waals surface area contributed by atoms with Crippen LogP contribution in [0.25, 0.3) is 11.5 Å². The molecule has 1 aliphatic heterocycles. The van der Waals surface area contributed by atoms with E-state index in [0.717, 1.165) is 30.8 Å². The van der Waals surface area contributed by atoms with Crippen LogP contribution in [0.3, 0.4) is 0 Å². The number of morpholine rings is 1. The fourth-order valence-corrected chi connectivity index (χ4v) is 3.02. The van der Waals surface area contributed by atoms with E-state index >= 15 is 0 Å². The molecule has 3 heterocycles. The Morgan fingerprint density at radius 1 is 1.20 bits per heavy atom. The highest BCUT2D eigenvalue weighted by molar-refractivity contribution is 5.51. The molecule has 7 nitrogen and oxygen atoms in total. The molecule has 1 aliphatic rings. The molecule has 7 heteroatoms. The van der Waals surface area contributed by atoms with Gasteiger partial charge in [-0.25, -0.2) is 0 Å². The Balaban J connectivity index is 1.37. The molecule has 0 radical (unpaired) electrons. The summed E-state index contributed by atoms with van der Waals surface area (Å²) in [5.41, 5.74) is 2.10. The standard InChI is InChI=1S/C18H21N5O2/c1-14-9-19-23(10-14)12-16-11-22(7-8-24-16)13-17-20-21-18(25-17)15-5-3-2-4-6-15/h2-6,9-10,16H,7-8,11-13H2,1H3/t16-/m1/s1. The SMILES string of the molecule is Cc1cnn(C[C@H]2CN(Cc3nnc(-c4ccccc4)o3)CCO2)c1. The average Bonchev–Trinajstić information content (AvgIpc) is 3.25. The predicted molar refractivity (Wildman–Crippen MR) is 91.7 cm³/mol. The molecule has 25 heavy (non-hydrogen) atoms. The third kappa shape index (κ3) is 3.94. The van der Waals surface area contributed by atoms with Crippen LogP contribution < -0.4 is 0 Å². The van der Waals surface area contributed by atoms with Crippen LogP contribution in [-0.2, 0) is 17.8 Å². The normalized spacial score (nSPS) is 18.5. The van der Waals surface area contributed by atoms with Crippen LogP contribution in [0.1, 0.15) is 11.5 Å². The van der Waals surface area contributed by atoms with Gasteiger partial charge < -0.3 is 9.15 Å². The Morgan fingerprint density at radius 2 is 2.08 bits per heavy atom. The molecule has 0 spiro atoms. The van der Waals surface area contributed by atoms with Gasteiger partial charge in [0, 0.05) is 24.8 Å². The largest absolute Gasteiger partial charge is 0.419 e. The van der Waals surface area contributed by atoms with Gasteiger partial charge in [0.1, 0.15) is 0 Å². The summed E-state index contributed by atoms with van der Waals surface area (Å²) >= 11 is 0. The second-order valence-electron chi connectivity index (χ2n) is 6.33. The molecule has 1 fully saturated rings. The Labute approximate surface area is 146 Å². The molecule has 130 valence electrons. The van der Waals surface area contributed by atoms with Gasteiger partial charge in [0.15, 0.2) is 0 Å². The summed E-state index contributed by atoms with van der Waals surface area (Å²) in [6, 6.07) is 9.82. The summed E-state index contributed by atoms with van der Waals surface area (Å²) in [6.07, 6.45) is 4.01. The van der Waals surface area contributed by atoms with Gasteiger partial charge in [0.05, 0.1) is 32.0 Å². The monoisotopic (exact) mass is 339 g/mol. The van der Waals surface area contributed by atoms with E-state index in [4.69, 9.17) is 9.15 Å². The fourth-order valence-electron chi connectivity index (χ4n) is 3.02. The molecule has 0 unspecified atom stereocenters. The highest BCUT2D eigenvalue weighted by Crippen LogP contribution is 2.18. The molecule has 3 aromatic rings. The van der Waals surface area contributed by atoms with E-state index in [2.05, 4.69) is 20.2 Å². The Bertz CT molecular complexity index is 814. The molecular weight excluding hydrogens is 318 g/mol. The quantitative estimate of drug-likeness (QED) is 0.709. The number of rotatable bonds is 5. The van der Waals surface area contributed by atoms with E-state index in [1.165, 1.54) is 0 Å². The Kier molecular flexibility index (Phi) is 4.58. The summed E-state index contributed by atoms with van der Waals surface area (Å²) < 4.78 is 13.6. The number of aromatic nitrogens is 4. The molecule has 4 rings (SSSR count). The van der Waals surface area contributed by atoms with Gasteiger partial charge >= 0.3 is 0 Å². The van der Waals surface area contributed by atoms with E-state index in [0.29, 0.717) is 24.9 Å². The zero-order valence-electron chi connectivity index (χ0n) is 14.2. The lowest BCUT2D eigenvalue weighted by Crippen LogP contribution is -2.43. The summed E-state index contributed by atoms with van der Waals surface area (Å²) in [6.45, 7) is 5.81. The molecule has 2 aromatic heterocycles. The summed E-state index contributed by atoms with van der Waals surface area (Å²) in [4.78, 5) is 2.28. The molecule has 0 N–H and O–H groups in total. The first-order valence-electron chi connectivity index (χ1n) is 8.47. The first-order valence-corrected chi connectivity index (χ1v) is 8.47. The van der Waals surface area contributed by atoms with Crippen molar-refractivity contribution in [2.75, 3.05) is 19.7 Å². The van der Waals surface area contributed by atoms with Crippen molar-refractivity contribution in [2.45, 2.75) is 26.1 Å². The van der Waals surface area contributed by atoms with Crippen molar-refractivity contribution in [3.8, 4) is 11.5 Å². The van der Waals surface area contributed by atoms with Gasteiger partial charge in [-0.15, -0.1) is 10.2 Å². The van der Waals surface area contributed by atoms with Gasteiger partial charge in [0.25, 0.3) is 0 Å². The molecule has 0 amide bonds. The van der Waals surface area contributed by atoms with Crippen LogP contribution in [0.4, 0.5) is 0 Å². The number of hydrogen-bond acceptors (Lipinski definition) is 6.